The zero-order valence-electron chi connectivity index (χ0n) is 20.3. The molecule has 2 heterocycles. The summed E-state index contributed by atoms with van der Waals surface area (Å²) in [6, 6.07) is 13.9. The molecule has 0 aliphatic heterocycles. The number of imidazole rings is 1. The summed E-state index contributed by atoms with van der Waals surface area (Å²) in [4.78, 5) is 45.6. The molecule has 188 valence electrons. The third-order valence-corrected chi connectivity index (χ3v) is 5.65. The number of anilines is 1. The van der Waals surface area contributed by atoms with Crippen molar-refractivity contribution in [3.05, 3.63) is 74.9 Å². The molecule has 4 aromatic rings. The van der Waals surface area contributed by atoms with Gasteiger partial charge in [-0.2, -0.15) is 0 Å². The first-order chi connectivity index (χ1) is 17.4. The number of fused-ring (bicyclic) bond motifs is 1. The number of nitrogens with one attached hydrogen (secondary N) is 2. The number of benzene rings is 2. The molecule has 0 fully saturated rings. The van der Waals surface area contributed by atoms with Gasteiger partial charge in [0, 0.05) is 24.3 Å². The second kappa shape index (κ2) is 11.0. The summed E-state index contributed by atoms with van der Waals surface area (Å²) in [5.41, 5.74) is 1.91. The fraction of sp³-hybridized carbons (Fsp3) is 0.308. The molecule has 0 atom stereocenters. The molecule has 0 bridgehead atoms. The van der Waals surface area contributed by atoms with Gasteiger partial charge in [-0.05, 0) is 54.8 Å². The molecular formula is C26H29N5O5. The summed E-state index contributed by atoms with van der Waals surface area (Å²) in [5.74, 6) is 0.625. The topological polar surface area (TPSA) is 131 Å². The highest BCUT2D eigenvalue weighted by Crippen LogP contribution is 2.22. The minimum absolute atomic E-state index is 0.108. The van der Waals surface area contributed by atoms with Gasteiger partial charge in [-0.1, -0.05) is 26.0 Å². The number of H-pyrrole nitrogens is 1. The van der Waals surface area contributed by atoms with Gasteiger partial charge in [0.2, 0.25) is 0 Å². The van der Waals surface area contributed by atoms with Crippen molar-refractivity contribution in [3.8, 4) is 17.1 Å². The second-order valence-corrected chi connectivity index (χ2v) is 8.39. The number of ether oxygens (including phenoxy) is 1. The van der Waals surface area contributed by atoms with Gasteiger partial charge in [0.1, 0.15) is 17.1 Å². The van der Waals surface area contributed by atoms with Gasteiger partial charge >= 0.3 is 5.69 Å². The number of aliphatic hydroxyl groups is 1. The Labute approximate surface area is 207 Å². The summed E-state index contributed by atoms with van der Waals surface area (Å²) in [6.07, 6.45) is 1.40. The van der Waals surface area contributed by atoms with E-state index in [1.807, 2.05) is 13.8 Å². The molecule has 10 nitrogen and oxygen atoms in total. The lowest BCUT2D eigenvalue weighted by Gasteiger charge is -2.09. The molecule has 3 N–H and O–H groups in total. The van der Waals surface area contributed by atoms with Crippen LogP contribution in [0, 0.1) is 0 Å². The van der Waals surface area contributed by atoms with E-state index < -0.39 is 0 Å². The summed E-state index contributed by atoms with van der Waals surface area (Å²) in [5, 5.41) is 11.9. The predicted octanol–water partition coefficient (Wildman–Crippen LogP) is 2.88. The quantitative estimate of drug-likeness (QED) is 0.313. The zero-order chi connectivity index (χ0) is 25.7. The maximum Gasteiger partial charge on any atom is 0.332 e. The molecule has 1 amide bonds. The van der Waals surface area contributed by atoms with Crippen LogP contribution in [0.4, 0.5) is 5.69 Å². The molecule has 0 saturated carbocycles. The molecule has 0 radical (unpaired) electrons. The van der Waals surface area contributed by atoms with Gasteiger partial charge in [-0.3, -0.25) is 18.7 Å². The van der Waals surface area contributed by atoms with Crippen molar-refractivity contribution in [1.82, 2.24) is 19.1 Å². The van der Waals surface area contributed by atoms with E-state index in [2.05, 4.69) is 15.3 Å². The van der Waals surface area contributed by atoms with E-state index >= 15 is 0 Å². The van der Waals surface area contributed by atoms with E-state index in [-0.39, 0.29) is 30.4 Å². The molecule has 0 spiro atoms. The molecule has 4 rings (SSSR count). The third-order valence-electron chi connectivity index (χ3n) is 5.65. The van der Waals surface area contributed by atoms with Crippen LogP contribution in [0.2, 0.25) is 0 Å². The molecule has 10 heteroatoms. The second-order valence-electron chi connectivity index (χ2n) is 8.39. The van der Waals surface area contributed by atoms with Crippen LogP contribution in [0.1, 0.15) is 32.3 Å². The lowest BCUT2D eigenvalue weighted by atomic mass is 10.2. The smallest absolute Gasteiger partial charge is 0.332 e. The number of aromatic nitrogens is 4. The maximum atomic E-state index is 12.9. The minimum Gasteiger partial charge on any atom is -0.484 e. The van der Waals surface area contributed by atoms with Gasteiger partial charge in [0.05, 0.1) is 6.61 Å². The van der Waals surface area contributed by atoms with Gasteiger partial charge in [0.25, 0.3) is 11.5 Å². The molecule has 0 aliphatic rings. The molecule has 0 unspecified atom stereocenters. The SMILES string of the molecule is CCCn1c(=O)c2[nH]c(-c3ccc(OCC(=O)Nc4cccc(CO)c4)cc3)nc2n(CCC)c1=O. The number of hydrogen-bond donors (Lipinski definition) is 3. The first-order valence-electron chi connectivity index (χ1n) is 11.9. The number of nitrogens with zero attached hydrogens (tertiary/aromatic N) is 3. The van der Waals surface area contributed by atoms with Gasteiger partial charge < -0.3 is 20.1 Å². The first-order valence-corrected chi connectivity index (χ1v) is 11.9. The van der Waals surface area contributed by atoms with Crippen LogP contribution in [-0.2, 0) is 24.5 Å². The number of carbonyl (C=O) groups is 1. The van der Waals surface area contributed by atoms with Crippen LogP contribution in [0.15, 0.2) is 58.1 Å². The Bertz CT molecular complexity index is 1480. The van der Waals surface area contributed by atoms with Crippen molar-refractivity contribution in [2.75, 3.05) is 11.9 Å². The summed E-state index contributed by atoms with van der Waals surface area (Å²) in [7, 11) is 0. The Morgan fingerprint density at radius 3 is 2.47 bits per heavy atom. The van der Waals surface area contributed by atoms with Crippen molar-refractivity contribution in [2.24, 2.45) is 0 Å². The maximum absolute atomic E-state index is 12.9. The average molecular weight is 492 g/mol. The molecule has 36 heavy (non-hydrogen) atoms. The zero-order valence-corrected chi connectivity index (χ0v) is 20.3. The lowest BCUT2D eigenvalue weighted by molar-refractivity contribution is -0.118. The summed E-state index contributed by atoms with van der Waals surface area (Å²) in [6.45, 7) is 4.39. The highest BCUT2D eigenvalue weighted by molar-refractivity contribution is 5.92. The normalized spacial score (nSPS) is 11.1. The molecule has 2 aromatic heterocycles. The van der Waals surface area contributed by atoms with Crippen molar-refractivity contribution in [3.63, 3.8) is 0 Å². The van der Waals surface area contributed by atoms with E-state index in [0.717, 1.165) is 6.42 Å². The lowest BCUT2D eigenvalue weighted by Crippen LogP contribution is -2.40. The van der Waals surface area contributed by atoms with Gasteiger partial charge in [-0.15, -0.1) is 0 Å². The monoisotopic (exact) mass is 491 g/mol. The Morgan fingerprint density at radius 2 is 1.78 bits per heavy atom. The average Bonchev–Trinajstić information content (AvgIpc) is 3.34. The van der Waals surface area contributed by atoms with E-state index in [9.17, 15) is 19.5 Å². The molecule has 0 aliphatic carbocycles. The van der Waals surface area contributed by atoms with Gasteiger partial charge in [-0.25, -0.2) is 9.78 Å². The number of aryl methyl sites for hydroxylation is 1. The van der Waals surface area contributed by atoms with Crippen molar-refractivity contribution >= 4 is 22.8 Å². The summed E-state index contributed by atoms with van der Waals surface area (Å²) < 4.78 is 8.38. The molecular weight excluding hydrogens is 462 g/mol. The van der Waals surface area contributed by atoms with E-state index in [0.29, 0.717) is 59.1 Å². The fourth-order valence-corrected chi connectivity index (χ4v) is 3.95. The molecule has 2 aromatic carbocycles. The third kappa shape index (κ3) is 5.23. The Morgan fingerprint density at radius 1 is 1.06 bits per heavy atom. The van der Waals surface area contributed by atoms with Crippen LogP contribution in [0.3, 0.4) is 0 Å². The number of rotatable bonds is 10. The number of aliphatic hydroxyl groups excluding tert-OH is 1. The Hall–Kier alpha value is -4.18. The van der Waals surface area contributed by atoms with Crippen LogP contribution < -0.4 is 21.3 Å². The van der Waals surface area contributed by atoms with E-state index in [4.69, 9.17) is 4.74 Å². The van der Waals surface area contributed by atoms with Crippen molar-refractivity contribution in [2.45, 2.75) is 46.4 Å². The Kier molecular flexibility index (Phi) is 7.65. The number of carbonyl (C=O) groups excluding carboxylic acids is 1. The largest absolute Gasteiger partial charge is 0.484 e. The Balaban J connectivity index is 1.51. The van der Waals surface area contributed by atoms with E-state index in [1.165, 1.54) is 4.57 Å². The van der Waals surface area contributed by atoms with Crippen molar-refractivity contribution in [1.29, 1.82) is 0 Å². The predicted molar refractivity (Wildman–Crippen MR) is 137 cm³/mol. The number of hydrogen-bond acceptors (Lipinski definition) is 6. The number of amides is 1. The highest BCUT2D eigenvalue weighted by atomic mass is 16.5. The minimum atomic E-state index is -0.376. The summed E-state index contributed by atoms with van der Waals surface area (Å²) >= 11 is 0. The fourth-order valence-electron chi connectivity index (χ4n) is 3.95. The standard InChI is InChI=1S/C26H29N5O5/c1-3-12-30-24-22(25(34)31(13-4-2)26(30)35)28-23(29-24)18-8-10-20(11-9-18)36-16-21(33)27-19-7-5-6-17(14-19)15-32/h5-11,14,32H,3-4,12-13,15-16H2,1-2H3,(H,27,33)(H,28,29). The number of aromatic amines is 1. The first kappa shape index (κ1) is 24.9. The van der Waals surface area contributed by atoms with Crippen molar-refractivity contribution < 1.29 is 14.6 Å². The van der Waals surface area contributed by atoms with Crippen LogP contribution in [0.5, 0.6) is 5.75 Å². The van der Waals surface area contributed by atoms with Crippen LogP contribution in [0.25, 0.3) is 22.6 Å². The van der Waals surface area contributed by atoms with Gasteiger partial charge in [0.15, 0.2) is 12.3 Å². The highest BCUT2D eigenvalue weighted by Gasteiger charge is 2.17. The van der Waals surface area contributed by atoms with E-state index in [1.54, 1.807) is 53.1 Å². The van der Waals surface area contributed by atoms with Crippen LogP contribution >= 0.6 is 0 Å². The molecule has 0 saturated heterocycles. The van der Waals surface area contributed by atoms with Crippen LogP contribution in [-0.4, -0.2) is 36.7 Å².